The summed E-state index contributed by atoms with van der Waals surface area (Å²) in [5.41, 5.74) is 8.21. The Balaban J connectivity index is 2.75. The van der Waals surface area contributed by atoms with Gasteiger partial charge in [0.25, 0.3) is 0 Å². The third-order valence-electron chi connectivity index (χ3n) is 4.12. The van der Waals surface area contributed by atoms with Gasteiger partial charge in [-0.3, -0.25) is 0 Å². The van der Waals surface area contributed by atoms with Gasteiger partial charge in [0.05, 0.1) is 5.56 Å². The Kier molecular flexibility index (Phi) is 3.67. The van der Waals surface area contributed by atoms with Crippen molar-refractivity contribution in [3.63, 3.8) is 0 Å². The normalized spacial score (nSPS) is 10.7. The minimum Gasteiger partial charge on any atom is -0.478 e. The molecule has 20 heavy (non-hydrogen) atoms. The molecule has 0 aliphatic heterocycles. The fourth-order valence-corrected chi connectivity index (χ4v) is 2.66. The number of hydrogen-bond donors (Lipinski definition) is 1. The molecular weight excluding hydrogens is 248 g/mol. The standard InChI is InChI=1S/C18H20O2/c1-10-6-7-15(9-16(10)18(19)20)17-13(4)11(2)8-12(3)14(17)5/h6-9H,1-5H3,(H,19,20). The van der Waals surface area contributed by atoms with E-state index in [1.165, 1.54) is 22.3 Å². The molecule has 2 nitrogen and oxygen atoms in total. The van der Waals surface area contributed by atoms with Crippen LogP contribution in [0.4, 0.5) is 0 Å². The van der Waals surface area contributed by atoms with Gasteiger partial charge in [0, 0.05) is 0 Å². The average Bonchev–Trinajstić information content (AvgIpc) is 2.38. The molecule has 0 bridgehead atoms. The molecule has 0 fully saturated rings. The Morgan fingerprint density at radius 1 is 0.850 bits per heavy atom. The maximum absolute atomic E-state index is 11.3. The highest BCUT2D eigenvalue weighted by atomic mass is 16.4. The molecule has 2 heteroatoms. The molecule has 0 saturated heterocycles. The van der Waals surface area contributed by atoms with Crippen molar-refractivity contribution in [2.45, 2.75) is 34.6 Å². The second-order valence-electron chi connectivity index (χ2n) is 5.47. The fraction of sp³-hybridized carbons (Fsp3) is 0.278. The summed E-state index contributed by atoms with van der Waals surface area (Å²) in [5, 5.41) is 9.28. The van der Waals surface area contributed by atoms with Crippen molar-refractivity contribution in [1.29, 1.82) is 0 Å². The van der Waals surface area contributed by atoms with Gasteiger partial charge >= 0.3 is 5.97 Å². The summed E-state index contributed by atoms with van der Waals surface area (Å²) in [7, 11) is 0. The van der Waals surface area contributed by atoms with Crippen LogP contribution in [0.15, 0.2) is 24.3 Å². The van der Waals surface area contributed by atoms with Crippen molar-refractivity contribution < 1.29 is 9.90 Å². The van der Waals surface area contributed by atoms with E-state index in [0.29, 0.717) is 5.56 Å². The van der Waals surface area contributed by atoms with Gasteiger partial charge in [0.1, 0.15) is 0 Å². The summed E-state index contributed by atoms with van der Waals surface area (Å²) in [4.78, 5) is 11.3. The number of benzene rings is 2. The lowest BCUT2D eigenvalue weighted by Gasteiger charge is -2.16. The molecule has 0 spiro atoms. The summed E-state index contributed by atoms with van der Waals surface area (Å²) in [6, 6.07) is 7.86. The van der Waals surface area contributed by atoms with Gasteiger partial charge in [-0.25, -0.2) is 4.79 Å². The van der Waals surface area contributed by atoms with E-state index in [1.807, 2.05) is 19.1 Å². The fourth-order valence-electron chi connectivity index (χ4n) is 2.66. The minimum absolute atomic E-state index is 0.375. The molecule has 0 unspecified atom stereocenters. The van der Waals surface area contributed by atoms with Gasteiger partial charge in [-0.1, -0.05) is 18.2 Å². The van der Waals surface area contributed by atoms with Crippen LogP contribution in [0.5, 0.6) is 0 Å². The molecule has 2 rings (SSSR count). The molecular formula is C18H20O2. The minimum atomic E-state index is -0.871. The Morgan fingerprint density at radius 2 is 1.40 bits per heavy atom. The first-order valence-electron chi connectivity index (χ1n) is 6.74. The monoisotopic (exact) mass is 268 g/mol. The van der Waals surface area contributed by atoms with Crippen LogP contribution in [0.2, 0.25) is 0 Å². The molecule has 0 aliphatic rings. The average molecular weight is 268 g/mol. The molecule has 0 atom stereocenters. The quantitative estimate of drug-likeness (QED) is 0.864. The van der Waals surface area contributed by atoms with Gasteiger partial charge in [-0.2, -0.15) is 0 Å². The highest BCUT2D eigenvalue weighted by Gasteiger charge is 2.14. The third kappa shape index (κ3) is 2.34. The first-order chi connectivity index (χ1) is 9.32. The van der Waals surface area contributed by atoms with Crippen molar-refractivity contribution in [2.75, 3.05) is 0 Å². The van der Waals surface area contributed by atoms with Gasteiger partial charge < -0.3 is 5.11 Å². The van der Waals surface area contributed by atoms with Crippen molar-refractivity contribution in [3.8, 4) is 11.1 Å². The summed E-state index contributed by atoms with van der Waals surface area (Å²) < 4.78 is 0. The number of aromatic carboxylic acids is 1. The highest BCUT2D eigenvalue weighted by molar-refractivity contribution is 5.91. The molecule has 0 heterocycles. The van der Waals surface area contributed by atoms with E-state index in [2.05, 4.69) is 33.8 Å². The summed E-state index contributed by atoms with van der Waals surface area (Å²) in [6.07, 6.45) is 0. The molecule has 1 N–H and O–H groups in total. The van der Waals surface area contributed by atoms with Gasteiger partial charge in [0.2, 0.25) is 0 Å². The van der Waals surface area contributed by atoms with E-state index < -0.39 is 5.97 Å². The SMILES string of the molecule is Cc1ccc(-c2c(C)c(C)cc(C)c2C)cc1C(=O)O. The maximum Gasteiger partial charge on any atom is 0.335 e. The van der Waals surface area contributed by atoms with E-state index >= 15 is 0 Å². The number of carboxylic acid groups (broad SMARTS) is 1. The van der Waals surface area contributed by atoms with Crippen LogP contribution in [0.3, 0.4) is 0 Å². The zero-order chi connectivity index (χ0) is 15.0. The second-order valence-corrected chi connectivity index (χ2v) is 5.47. The summed E-state index contributed by atoms with van der Waals surface area (Å²) in [5.74, 6) is -0.871. The van der Waals surface area contributed by atoms with Gasteiger partial charge in [-0.15, -0.1) is 0 Å². The lowest BCUT2D eigenvalue weighted by atomic mass is 9.88. The third-order valence-corrected chi connectivity index (χ3v) is 4.12. The van der Waals surface area contributed by atoms with Crippen LogP contribution in [-0.4, -0.2) is 11.1 Å². The van der Waals surface area contributed by atoms with Crippen molar-refractivity contribution in [2.24, 2.45) is 0 Å². The number of carbonyl (C=O) groups is 1. The van der Waals surface area contributed by atoms with Crippen molar-refractivity contribution in [1.82, 2.24) is 0 Å². The predicted octanol–water partition coefficient (Wildman–Crippen LogP) is 4.59. The van der Waals surface area contributed by atoms with E-state index in [1.54, 1.807) is 6.07 Å². The van der Waals surface area contributed by atoms with E-state index in [4.69, 9.17) is 0 Å². The number of rotatable bonds is 2. The zero-order valence-electron chi connectivity index (χ0n) is 12.7. The molecule has 0 amide bonds. The van der Waals surface area contributed by atoms with E-state index in [9.17, 15) is 9.90 Å². The lowest BCUT2D eigenvalue weighted by Crippen LogP contribution is -2.01. The van der Waals surface area contributed by atoms with Crippen molar-refractivity contribution in [3.05, 3.63) is 57.6 Å². The highest BCUT2D eigenvalue weighted by Crippen LogP contribution is 2.32. The van der Waals surface area contributed by atoms with Gasteiger partial charge in [0.15, 0.2) is 0 Å². The van der Waals surface area contributed by atoms with Crippen LogP contribution >= 0.6 is 0 Å². The molecule has 0 saturated carbocycles. The Bertz CT molecular complexity index is 671. The van der Waals surface area contributed by atoms with E-state index in [0.717, 1.165) is 16.7 Å². The van der Waals surface area contributed by atoms with Crippen LogP contribution in [0.25, 0.3) is 11.1 Å². The smallest absolute Gasteiger partial charge is 0.335 e. The molecule has 0 radical (unpaired) electrons. The first kappa shape index (κ1) is 14.3. The number of hydrogen-bond acceptors (Lipinski definition) is 1. The summed E-state index contributed by atoms with van der Waals surface area (Å²) >= 11 is 0. The second kappa shape index (κ2) is 5.12. The molecule has 0 aromatic heterocycles. The predicted molar refractivity (Wildman–Crippen MR) is 82.5 cm³/mol. The van der Waals surface area contributed by atoms with Crippen molar-refractivity contribution >= 4 is 5.97 Å². The lowest BCUT2D eigenvalue weighted by molar-refractivity contribution is 0.0696. The Morgan fingerprint density at radius 3 is 1.90 bits per heavy atom. The molecule has 104 valence electrons. The Hall–Kier alpha value is -2.09. The number of aryl methyl sites for hydroxylation is 3. The molecule has 2 aromatic carbocycles. The topological polar surface area (TPSA) is 37.3 Å². The number of carboxylic acids is 1. The van der Waals surface area contributed by atoms with Crippen LogP contribution in [0.1, 0.15) is 38.2 Å². The largest absolute Gasteiger partial charge is 0.478 e. The molecule has 0 aliphatic carbocycles. The Labute approximate surface area is 120 Å². The maximum atomic E-state index is 11.3. The first-order valence-corrected chi connectivity index (χ1v) is 6.74. The summed E-state index contributed by atoms with van der Waals surface area (Å²) in [6.45, 7) is 10.2. The van der Waals surface area contributed by atoms with Crippen LogP contribution in [0, 0.1) is 34.6 Å². The van der Waals surface area contributed by atoms with E-state index in [-0.39, 0.29) is 0 Å². The van der Waals surface area contributed by atoms with Crippen LogP contribution in [-0.2, 0) is 0 Å². The zero-order valence-corrected chi connectivity index (χ0v) is 12.7. The van der Waals surface area contributed by atoms with Gasteiger partial charge in [-0.05, 0) is 79.6 Å². The van der Waals surface area contributed by atoms with Crippen LogP contribution < -0.4 is 0 Å². The molecule has 2 aromatic rings.